The van der Waals surface area contributed by atoms with Gasteiger partial charge < -0.3 is 4.90 Å². The average Bonchev–Trinajstić information content (AvgIpc) is 1.96. The van der Waals surface area contributed by atoms with Crippen molar-refractivity contribution < 1.29 is 0 Å². The summed E-state index contributed by atoms with van der Waals surface area (Å²) in [6, 6.07) is 3.01. The first kappa shape index (κ1) is 10.4. The highest BCUT2D eigenvalue weighted by Crippen LogP contribution is 2.00. The number of hydrogen-bond donors (Lipinski definition) is 0. The zero-order valence-electron chi connectivity index (χ0n) is 7.98. The second-order valence-electron chi connectivity index (χ2n) is 2.99. The molecule has 0 spiro atoms. The quantitative estimate of drug-likeness (QED) is 0.341. The summed E-state index contributed by atoms with van der Waals surface area (Å²) in [5.41, 5.74) is 0. The molecule has 0 fully saturated rings. The molecule has 1 nitrogen and oxygen atoms in total. The maximum absolute atomic E-state index is 3.12. The summed E-state index contributed by atoms with van der Waals surface area (Å²) in [7, 11) is 3.94. The highest BCUT2D eigenvalue weighted by Gasteiger charge is 1.83. The molecule has 0 aromatic carbocycles. The summed E-state index contributed by atoms with van der Waals surface area (Å²) in [5.74, 6) is 3.12. The van der Waals surface area contributed by atoms with Gasteiger partial charge in [0.1, 0.15) is 0 Å². The van der Waals surface area contributed by atoms with Crippen LogP contribution >= 0.6 is 0 Å². The molecular formula is C10H19N. The molecule has 0 amide bonds. The Balaban J connectivity index is 3.09. The highest BCUT2D eigenvalue weighted by molar-refractivity contribution is 4.96. The Labute approximate surface area is 70.8 Å². The van der Waals surface area contributed by atoms with E-state index in [9.17, 15) is 0 Å². The van der Waals surface area contributed by atoms with Crippen LogP contribution in [0.1, 0.15) is 39.0 Å². The summed E-state index contributed by atoms with van der Waals surface area (Å²) >= 11 is 0. The molecule has 0 radical (unpaired) electrons. The number of rotatable bonds is 4. The van der Waals surface area contributed by atoms with Crippen LogP contribution in [0, 0.1) is 12.0 Å². The van der Waals surface area contributed by atoms with Gasteiger partial charge in [-0.15, -0.1) is 0 Å². The topological polar surface area (TPSA) is 3.24 Å². The number of nitrogens with zero attached hydrogens (tertiary/aromatic N) is 1. The van der Waals surface area contributed by atoms with Crippen molar-refractivity contribution in [3.05, 3.63) is 0 Å². The van der Waals surface area contributed by atoms with Crippen LogP contribution in [-0.4, -0.2) is 19.0 Å². The number of unbranched alkanes of at least 4 members (excludes halogenated alkanes) is 4. The molecule has 0 rings (SSSR count). The van der Waals surface area contributed by atoms with E-state index in [2.05, 4.69) is 18.9 Å². The van der Waals surface area contributed by atoms with Gasteiger partial charge >= 0.3 is 0 Å². The zero-order chi connectivity index (χ0) is 8.53. The van der Waals surface area contributed by atoms with Gasteiger partial charge in [0, 0.05) is 26.6 Å². The first-order chi connectivity index (χ1) is 5.27. The lowest BCUT2D eigenvalue weighted by Crippen LogP contribution is -2.00. The van der Waals surface area contributed by atoms with Crippen molar-refractivity contribution in [1.82, 2.24) is 4.90 Å². The second kappa shape index (κ2) is 7.47. The lowest BCUT2D eigenvalue weighted by Gasteiger charge is -1.97. The van der Waals surface area contributed by atoms with Crippen molar-refractivity contribution in [2.75, 3.05) is 14.1 Å². The second-order valence-corrected chi connectivity index (χ2v) is 2.99. The first-order valence-electron chi connectivity index (χ1n) is 4.43. The fraction of sp³-hybridized carbons (Fsp3) is 0.800. The molecule has 0 aliphatic rings. The largest absolute Gasteiger partial charge is 0.339 e. The molecule has 1 heteroatoms. The van der Waals surface area contributed by atoms with E-state index in [0.717, 1.165) is 6.42 Å². The standard InChI is InChI=1S/C10H19N/c1-4-5-6-7-8-9-10-11(2)3/h4-8H2,1-3H3. The van der Waals surface area contributed by atoms with Gasteiger partial charge in [0.25, 0.3) is 0 Å². The zero-order valence-corrected chi connectivity index (χ0v) is 7.98. The van der Waals surface area contributed by atoms with Gasteiger partial charge in [0.2, 0.25) is 0 Å². The molecular weight excluding hydrogens is 134 g/mol. The van der Waals surface area contributed by atoms with E-state index in [4.69, 9.17) is 0 Å². The van der Waals surface area contributed by atoms with Crippen LogP contribution in [0.25, 0.3) is 0 Å². The Kier molecular flexibility index (Phi) is 7.03. The molecule has 0 N–H and O–H groups in total. The maximum atomic E-state index is 3.12. The summed E-state index contributed by atoms with van der Waals surface area (Å²) < 4.78 is 0. The fourth-order valence-corrected chi connectivity index (χ4v) is 0.854. The van der Waals surface area contributed by atoms with Crippen LogP contribution in [0.5, 0.6) is 0 Å². The minimum Gasteiger partial charge on any atom is -0.339 e. The average molecular weight is 153 g/mol. The van der Waals surface area contributed by atoms with Crippen LogP contribution < -0.4 is 0 Å². The molecule has 0 atom stereocenters. The van der Waals surface area contributed by atoms with Crippen molar-refractivity contribution in [3.63, 3.8) is 0 Å². The van der Waals surface area contributed by atoms with Crippen LogP contribution in [0.4, 0.5) is 0 Å². The molecule has 0 heterocycles. The third kappa shape index (κ3) is 9.36. The van der Waals surface area contributed by atoms with E-state index >= 15 is 0 Å². The van der Waals surface area contributed by atoms with E-state index in [1.807, 2.05) is 19.0 Å². The Hall–Kier alpha value is -0.640. The molecule has 0 saturated heterocycles. The molecule has 0 aliphatic heterocycles. The van der Waals surface area contributed by atoms with Crippen molar-refractivity contribution in [2.24, 2.45) is 0 Å². The highest BCUT2D eigenvalue weighted by atomic mass is 15.0. The lowest BCUT2D eigenvalue weighted by molar-refractivity contribution is 0.595. The van der Waals surface area contributed by atoms with Crippen LogP contribution in [0.3, 0.4) is 0 Å². The van der Waals surface area contributed by atoms with Crippen LogP contribution in [0.2, 0.25) is 0 Å². The third-order valence-electron chi connectivity index (χ3n) is 1.46. The summed E-state index contributed by atoms with van der Waals surface area (Å²) in [6.45, 7) is 2.23. The molecule has 0 bridgehead atoms. The van der Waals surface area contributed by atoms with Crippen molar-refractivity contribution in [3.8, 4) is 12.0 Å². The van der Waals surface area contributed by atoms with E-state index < -0.39 is 0 Å². The number of hydrogen-bond acceptors (Lipinski definition) is 1. The molecule has 0 saturated carbocycles. The van der Waals surface area contributed by atoms with E-state index in [0.29, 0.717) is 0 Å². The van der Waals surface area contributed by atoms with Gasteiger partial charge in [-0.3, -0.25) is 0 Å². The molecule has 0 aromatic heterocycles. The molecule has 0 unspecified atom stereocenters. The SMILES string of the molecule is CCCCCCC#CN(C)C. The van der Waals surface area contributed by atoms with E-state index in [-0.39, 0.29) is 0 Å². The van der Waals surface area contributed by atoms with Gasteiger partial charge in [-0.1, -0.05) is 32.1 Å². The normalized spacial score (nSPS) is 8.64. The molecule has 0 aliphatic carbocycles. The Bertz CT molecular complexity index is 128. The lowest BCUT2D eigenvalue weighted by atomic mass is 10.2. The van der Waals surface area contributed by atoms with Gasteiger partial charge in [-0.05, 0) is 6.42 Å². The van der Waals surface area contributed by atoms with Gasteiger partial charge in [-0.25, -0.2) is 0 Å². The molecule has 0 aromatic rings. The van der Waals surface area contributed by atoms with E-state index in [1.54, 1.807) is 0 Å². The van der Waals surface area contributed by atoms with Crippen molar-refractivity contribution >= 4 is 0 Å². The fourth-order valence-electron chi connectivity index (χ4n) is 0.854. The maximum Gasteiger partial charge on any atom is 0.0144 e. The van der Waals surface area contributed by atoms with Gasteiger partial charge in [0.15, 0.2) is 0 Å². The van der Waals surface area contributed by atoms with Gasteiger partial charge in [-0.2, -0.15) is 0 Å². The first-order valence-corrected chi connectivity index (χ1v) is 4.43. The smallest absolute Gasteiger partial charge is 0.0144 e. The van der Waals surface area contributed by atoms with E-state index in [1.165, 1.54) is 25.7 Å². The summed E-state index contributed by atoms with van der Waals surface area (Å²) in [6.07, 6.45) is 6.30. The predicted octanol–water partition coefficient (Wildman–Crippen LogP) is 2.48. The minimum absolute atomic E-state index is 1.05. The predicted molar refractivity (Wildman–Crippen MR) is 50.2 cm³/mol. The van der Waals surface area contributed by atoms with Crippen molar-refractivity contribution in [1.29, 1.82) is 0 Å². The monoisotopic (exact) mass is 153 g/mol. The summed E-state index contributed by atoms with van der Waals surface area (Å²) in [5, 5.41) is 0. The Morgan fingerprint density at radius 2 is 1.82 bits per heavy atom. The Morgan fingerprint density at radius 1 is 1.09 bits per heavy atom. The Morgan fingerprint density at radius 3 is 2.36 bits per heavy atom. The molecule has 64 valence electrons. The van der Waals surface area contributed by atoms with Gasteiger partial charge in [0.05, 0.1) is 0 Å². The van der Waals surface area contributed by atoms with Crippen LogP contribution in [-0.2, 0) is 0 Å². The van der Waals surface area contributed by atoms with Crippen molar-refractivity contribution in [2.45, 2.75) is 39.0 Å². The third-order valence-corrected chi connectivity index (χ3v) is 1.46. The van der Waals surface area contributed by atoms with Crippen LogP contribution in [0.15, 0.2) is 0 Å². The minimum atomic E-state index is 1.05. The summed E-state index contributed by atoms with van der Waals surface area (Å²) in [4.78, 5) is 1.90. The molecule has 11 heavy (non-hydrogen) atoms.